The molecule has 0 radical (unpaired) electrons. The second-order valence-electron chi connectivity index (χ2n) is 3.90. The third kappa shape index (κ3) is 4.56. The van der Waals surface area contributed by atoms with Crippen LogP contribution >= 0.6 is 39.1 Å². The number of benzene rings is 1. The van der Waals surface area contributed by atoms with E-state index < -0.39 is 11.7 Å². The number of carbonyl (C=O) groups is 1. The maximum atomic E-state index is 12.9. The molecule has 0 spiro atoms. The topological polar surface area (TPSA) is 51.2 Å². The molecule has 2 rings (SSSR count). The van der Waals surface area contributed by atoms with E-state index in [-0.39, 0.29) is 12.4 Å². The van der Waals surface area contributed by atoms with Gasteiger partial charge in [0.05, 0.1) is 15.7 Å². The lowest BCUT2D eigenvalue weighted by molar-refractivity contribution is -0.118. The Morgan fingerprint density at radius 2 is 2.14 bits per heavy atom. The van der Waals surface area contributed by atoms with E-state index in [0.29, 0.717) is 20.3 Å². The Kier molecular flexibility index (Phi) is 5.39. The van der Waals surface area contributed by atoms with Gasteiger partial charge >= 0.3 is 0 Å². The van der Waals surface area contributed by atoms with E-state index in [1.165, 1.54) is 12.1 Å². The van der Waals surface area contributed by atoms with E-state index in [1.54, 1.807) is 12.1 Å². The van der Waals surface area contributed by atoms with E-state index in [1.807, 2.05) is 0 Å². The number of nitrogens with one attached hydrogen (secondary N) is 1. The van der Waals surface area contributed by atoms with Crippen molar-refractivity contribution < 1.29 is 13.9 Å². The first-order valence-corrected chi connectivity index (χ1v) is 7.19. The van der Waals surface area contributed by atoms with Crippen molar-refractivity contribution in [2.75, 3.05) is 11.9 Å². The van der Waals surface area contributed by atoms with Crippen molar-refractivity contribution in [3.8, 4) is 5.75 Å². The average molecular weight is 394 g/mol. The molecule has 1 N–H and O–H groups in total. The molecule has 0 unspecified atom stereocenters. The summed E-state index contributed by atoms with van der Waals surface area (Å²) in [5, 5.41) is 3.25. The molecule has 1 heterocycles. The number of nitrogens with zero attached hydrogens (tertiary/aromatic N) is 1. The Hall–Kier alpha value is -1.37. The number of rotatable bonds is 4. The highest BCUT2D eigenvalue weighted by molar-refractivity contribution is 9.10. The average Bonchev–Trinajstić information content (AvgIpc) is 2.41. The van der Waals surface area contributed by atoms with Gasteiger partial charge in [-0.15, -0.1) is 0 Å². The summed E-state index contributed by atoms with van der Waals surface area (Å²) in [5.74, 6) is -0.431. The van der Waals surface area contributed by atoms with Gasteiger partial charge in [0, 0.05) is 5.02 Å². The number of ether oxygens (including phenoxy) is 1. The van der Waals surface area contributed by atoms with Gasteiger partial charge in [-0.3, -0.25) is 4.79 Å². The van der Waals surface area contributed by atoms with E-state index in [9.17, 15) is 9.18 Å². The first-order chi connectivity index (χ1) is 9.95. The third-order valence-corrected chi connectivity index (χ3v) is 3.45. The largest absolute Gasteiger partial charge is 0.482 e. The van der Waals surface area contributed by atoms with Crippen LogP contribution in [0.4, 0.5) is 10.2 Å². The summed E-state index contributed by atoms with van der Waals surface area (Å²) in [5.41, 5.74) is 0. The van der Waals surface area contributed by atoms with Gasteiger partial charge in [0.2, 0.25) is 0 Å². The van der Waals surface area contributed by atoms with Crippen LogP contribution in [0.3, 0.4) is 0 Å². The quantitative estimate of drug-likeness (QED) is 0.842. The normalized spacial score (nSPS) is 10.3. The minimum Gasteiger partial charge on any atom is -0.482 e. The first kappa shape index (κ1) is 16.0. The van der Waals surface area contributed by atoms with Crippen molar-refractivity contribution in [2.45, 2.75) is 0 Å². The van der Waals surface area contributed by atoms with Crippen LogP contribution in [-0.4, -0.2) is 17.5 Å². The fourth-order valence-electron chi connectivity index (χ4n) is 1.41. The van der Waals surface area contributed by atoms with Gasteiger partial charge in [-0.2, -0.15) is 0 Å². The summed E-state index contributed by atoms with van der Waals surface area (Å²) >= 11 is 14.8. The molecule has 0 aliphatic rings. The lowest BCUT2D eigenvalue weighted by Gasteiger charge is -2.09. The molecule has 1 aromatic heterocycles. The van der Waals surface area contributed by atoms with E-state index in [4.69, 9.17) is 27.9 Å². The van der Waals surface area contributed by atoms with Gasteiger partial charge in [0.1, 0.15) is 17.4 Å². The first-order valence-electron chi connectivity index (χ1n) is 5.64. The highest BCUT2D eigenvalue weighted by atomic mass is 79.9. The second kappa shape index (κ2) is 7.06. The molecule has 0 saturated carbocycles. The van der Waals surface area contributed by atoms with Crippen molar-refractivity contribution in [2.24, 2.45) is 0 Å². The van der Waals surface area contributed by atoms with Crippen LogP contribution in [0.5, 0.6) is 5.75 Å². The summed E-state index contributed by atoms with van der Waals surface area (Å²) in [7, 11) is 0. The Balaban J connectivity index is 1.96. The van der Waals surface area contributed by atoms with Crippen molar-refractivity contribution in [3.05, 3.63) is 50.8 Å². The number of aromatic nitrogens is 1. The van der Waals surface area contributed by atoms with Crippen LogP contribution in [0, 0.1) is 5.82 Å². The maximum Gasteiger partial charge on any atom is 0.263 e. The highest BCUT2D eigenvalue weighted by Crippen LogP contribution is 2.27. The molecule has 2 aromatic rings. The lowest BCUT2D eigenvalue weighted by atomic mass is 10.3. The summed E-state index contributed by atoms with van der Waals surface area (Å²) in [6.07, 6.45) is 0.997. The zero-order valence-corrected chi connectivity index (χ0v) is 13.5. The number of hydrogen-bond acceptors (Lipinski definition) is 3. The Bertz CT molecular complexity index is 685. The smallest absolute Gasteiger partial charge is 0.263 e. The van der Waals surface area contributed by atoms with Crippen LogP contribution in [0.15, 0.2) is 34.9 Å². The number of halogens is 4. The van der Waals surface area contributed by atoms with Gasteiger partial charge in [-0.05, 0) is 40.2 Å². The molecule has 0 bridgehead atoms. The van der Waals surface area contributed by atoms with E-state index in [2.05, 4.69) is 26.2 Å². The molecule has 4 nitrogen and oxygen atoms in total. The van der Waals surface area contributed by atoms with Gasteiger partial charge in [-0.25, -0.2) is 9.37 Å². The summed E-state index contributed by atoms with van der Waals surface area (Å²) < 4.78 is 18.5. The second-order valence-corrected chi connectivity index (χ2v) is 5.59. The number of amides is 1. The molecule has 110 valence electrons. The van der Waals surface area contributed by atoms with Gasteiger partial charge < -0.3 is 10.1 Å². The fourth-order valence-corrected chi connectivity index (χ4v) is 2.29. The Morgan fingerprint density at radius 3 is 2.81 bits per heavy atom. The molecular weight excluding hydrogens is 386 g/mol. The van der Waals surface area contributed by atoms with Gasteiger partial charge in [0.15, 0.2) is 6.61 Å². The van der Waals surface area contributed by atoms with Crippen LogP contribution in [0.1, 0.15) is 0 Å². The molecular formula is C13H8BrCl2FN2O2. The van der Waals surface area contributed by atoms with Crippen molar-refractivity contribution in [1.82, 2.24) is 4.98 Å². The molecule has 1 amide bonds. The molecule has 0 atom stereocenters. The fraction of sp³-hybridized carbons (Fsp3) is 0.0769. The van der Waals surface area contributed by atoms with Gasteiger partial charge in [0.25, 0.3) is 5.91 Å². The number of anilines is 1. The highest BCUT2D eigenvalue weighted by Gasteiger charge is 2.10. The van der Waals surface area contributed by atoms with Crippen molar-refractivity contribution in [1.29, 1.82) is 0 Å². The minimum absolute atomic E-state index is 0.201. The Labute approximate surface area is 138 Å². The third-order valence-electron chi connectivity index (χ3n) is 2.32. The molecule has 8 heteroatoms. The predicted octanol–water partition coefficient (Wildman–Crippen LogP) is 4.31. The van der Waals surface area contributed by atoms with Crippen LogP contribution in [0.2, 0.25) is 10.0 Å². The lowest BCUT2D eigenvalue weighted by Crippen LogP contribution is -2.21. The maximum absolute atomic E-state index is 12.9. The van der Waals surface area contributed by atoms with Crippen molar-refractivity contribution >= 4 is 50.9 Å². The Morgan fingerprint density at radius 1 is 1.38 bits per heavy atom. The molecule has 0 fully saturated rings. The predicted molar refractivity (Wildman–Crippen MR) is 82.5 cm³/mol. The van der Waals surface area contributed by atoms with Crippen molar-refractivity contribution in [3.63, 3.8) is 0 Å². The molecule has 21 heavy (non-hydrogen) atoms. The van der Waals surface area contributed by atoms with Crippen LogP contribution < -0.4 is 10.1 Å². The van der Waals surface area contributed by atoms with Gasteiger partial charge in [-0.1, -0.05) is 23.2 Å². The standard InChI is InChI=1S/C13H8BrCl2FN2O2/c14-9-4-8(17)5-18-13(9)19-12(20)6-21-11-2-1-7(15)3-10(11)16/h1-5H,6H2,(H,18,19,20). The number of carbonyl (C=O) groups excluding carboxylic acids is 1. The van der Waals surface area contributed by atoms with Crippen LogP contribution in [0.25, 0.3) is 0 Å². The number of hydrogen-bond donors (Lipinski definition) is 1. The zero-order chi connectivity index (χ0) is 15.4. The summed E-state index contributed by atoms with van der Waals surface area (Å²) in [4.78, 5) is 15.5. The summed E-state index contributed by atoms with van der Waals surface area (Å²) in [6.45, 7) is -0.271. The molecule has 0 aliphatic heterocycles. The molecule has 1 aromatic carbocycles. The SMILES string of the molecule is O=C(COc1ccc(Cl)cc1Cl)Nc1ncc(F)cc1Br. The number of pyridine rings is 1. The molecule has 0 aliphatic carbocycles. The monoisotopic (exact) mass is 392 g/mol. The molecule has 0 saturated heterocycles. The summed E-state index contributed by atoms with van der Waals surface area (Å²) in [6, 6.07) is 5.86. The minimum atomic E-state index is -0.510. The van der Waals surface area contributed by atoms with E-state index in [0.717, 1.165) is 6.20 Å². The zero-order valence-electron chi connectivity index (χ0n) is 10.4. The van der Waals surface area contributed by atoms with Crippen LogP contribution in [-0.2, 0) is 4.79 Å². The van der Waals surface area contributed by atoms with E-state index >= 15 is 0 Å².